The number of carbonyl (C=O) groups is 1. The first-order valence-corrected chi connectivity index (χ1v) is 15.7. The molecule has 216 valence electrons. The number of nitrogens with zero attached hydrogens (tertiary/aromatic N) is 2. The van der Waals surface area contributed by atoms with Gasteiger partial charge < -0.3 is 8.92 Å². The molecule has 4 aromatic rings. The van der Waals surface area contributed by atoms with Gasteiger partial charge in [-0.2, -0.15) is 8.42 Å². The van der Waals surface area contributed by atoms with Crippen molar-refractivity contribution in [3.05, 3.63) is 124 Å². The molecule has 0 amide bonds. The van der Waals surface area contributed by atoms with E-state index in [2.05, 4.69) is 4.99 Å². The molecule has 42 heavy (non-hydrogen) atoms. The molecule has 5 rings (SSSR count). The van der Waals surface area contributed by atoms with Gasteiger partial charge in [-0.25, -0.2) is 9.79 Å². The summed E-state index contributed by atoms with van der Waals surface area (Å²) in [7, 11) is -4.18. The molecule has 0 spiro atoms. The van der Waals surface area contributed by atoms with Crippen LogP contribution in [0.5, 0.6) is 5.75 Å². The summed E-state index contributed by atoms with van der Waals surface area (Å²) >= 11 is 13.5. The second-order valence-electron chi connectivity index (χ2n) is 9.39. The minimum absolute atomic E-state index is 0.0107. The van der Waals surface area contributed by atoms with Crippen LogP contribution in [-0.4, -0.2) is 25.6 Å². The zero-order valence-corrected chi connectivity index (χ0v) is 25.8. The lowest BCUT2D eigenvalue weighted by Crippen LogP contribution is -2.39. The van der Waals surface area contributed by atoms with Crippen molar-refractivity contribution >= 4 is 56.7 Å². The maximum Gasteiger partial charge on any atom is 0.339 e. The third kappa shape index (κ3) is 5.94. The minimum atomic E-state index is -4.18. The van der Waals surface area contributed by atoms with Gasteiger partial charge in [0.25, 0.3) is 5.56 Å². The summed E-state index contributed by atoms with van der Waals surface area (Å²) in [6.07, 6.45) is 1.50. The largest absolute Gasteiger partial charge is 0.463 e. The summed E-state index contributed by atoms with van der Waals surface area (Å²) in [4.78, 5) is 31.9. The third-order valence-electron chi connectivity index (χ3n) is 6.47. The van der Waals surface area contributed by atoms with Gasteiger partial charge in [0, 0.05) is 15.6 Å². The molecule has 0 saturated heterocycles. The summed E-state index contributed by atoms with van der Waals surface area (Å²) in [6.45, 7) is 5.38. The number of hydrogen-bond acceptors (Lipinski definition) is 8. The summed E-state index contributed by atoms with van der Waals surface area (Å²) in [5.74, 6) is -0.594. The molecule has 0 radical (unpaired) electrons. The van der Waals surface area contributed by atoms with Crippen molar-refractivity contribution in [1.82, 2.24) is 4.57 Å². The van der Waals surface area contributed by atoms with Crippen LogP contribution in [0.15, 0.2) is 92.7 Å². The van der Waals surface area contributed by atoms with Crippen molar-refractivity contribution in [3.63, 3.8) is 0 Å². The highest BCUT2D eigenvalue weighted by Crippen LogP contribution is 2.32. The Hall–Kier alpha value is -3.70. The van der Waals surface area contributed by atoms with Crippen LogP contribution in [-0.2, 0) is 19.6 Å². The molecule has 1 unspecified atom stereocenters. The second kappa shape index (κ2) is 11.9. The van der Waals surface area contributed by atoms with Crippen LogP contribution in [0, 0.1) is 6.92 Å². The van der Waals surface area contributed by atoms with Gasteiger partial charge in [0.15, 0.2) is 4.80 Å². The number of hydrogen-bond donors (Lipinski definition) is 0. The number of benzene rings is 3. The van der Waals surface area contributed by atoms with Crippen LogP contribution < -0.4 is 19.1 Å². The van der Waals surface area contributed by atoms with Crippen LogP contribution in [0.4, 0.5) is 0 Å². The smallest absolute Gasteiger partial charge is 0.339 e. The van der Waals surface area contributed by atoms with Gasteiger partial charge in [0.1, 0.15) is 10.6 Å². The molecule has 0 N–H and O–H groups in total. The highest BCUT2D eigenvalue weighted by Gasteiger charge is 2.33. The third-order valence-corrected chi connectivity index (χ3v) is 9.19. The predicted molar refractivity (Wildman–Crippen MR) is 162 cm³/mol. The number of allylic oxidation sites excluding steroid dienone is 1. The molecule has 1 aliphatic rings. The Bertz CT molecular complexity index is 2010. The molecule has 12 heteroatoms. The van der Waals surface area contributed by atoms with E-state index in [4.69, 9.17) is 32.1 Å². The quantitative estimate of drug-likeness (QED) is 0.203. The standard InChI is InChI=1S/C30H24Cl2N2O6S2/c1-4-39-29(36)26-18(3)33-30-34(27(26)19-7-9-21(31)10-8-19)28(35)25(41-30)16-20-15-22(32)11-14-24(20)40-42(37,38)23-12-5-17(2)6-13-23/h5-16,27H,4H2,1-3H3/b25-16-. The fraction of sp³-hybridized carbons (Fsp3) is 0.167. The number of ether oxygens (including phenoxy) is 1. The number of carbonyl (C=O) groups excluding carboxylic acids is 1. The zero-order chi connectivity index (χ0) is 30.2. The highest BCUT2D eigenvalue weighted by molar-refractivity contribution is 7.87. The Balaban J connectivity index is 1.66. The average Bonchev–Trinajstić information content (AvgIpc) is 3.24. The Kier molecular flexibility index (Phi) is 8.43. The van der Waals surface area contributed by atoms with Crippen molar-refractivity contribution in [2.45, 2.75) is 31.7 Å². The number of fused-ring (bicyclic) bond motifs is 1. The molecule has 0 aliphatic carbocycles. The molecule has 1 aromatic heterocycles. The van der Waals surface area contributed by atoms with Crippen LogP contribution in [0.1, 0.15) is 36.6 Å². The normalized spacial score (nSPS) is 15.3. The van der Waals surface area contributed by atoms with E-state index in [1.165, 1.54) is 41.0 Å². The van der Waals surface area contributed by atoms with Gasteiger partial charge in [-0.15, -0.1) is 0 Å². The van der Waals surface area contributed by atoms with Crippen LogP contribution in [0.2, 0.25) is 10.0 Å². The number of aryl methyl sites for hydroxylation is 1. The van der Waals surface area contributed by atoms with E-state index >= 15 is 0 Å². The zero-order valence-electron chi connectivity index (χ0n) is 22.6. The van der Waals surface area contributed by atoms with Crippen molar-refractivity contribution in [2.24, 2.45) is 4.99 Å². The molecule has 1 aliphatic heterocycles. The summed E-state index contributed by atoms with van der Waals surface area (Å²) in [6, 6.07) is 16.7. The Morgan fingerprint density at radius 3 is 2.36 bits per heavy atom. The van der Waals surface area contributed by atoms with Crippen molar-refractivity contribution in [3.8, 4) is 5.75 Å². The molecule has 2 heterocycles. The molecule has 0 saturated carbocycles. The first-order valence-electron chi connectivity index (χ1n) is 12.7. The summed E-state index contributed by atoms with van der Waals surface area (Å²) in [5.41, 5.74) is 2.01. The first-order chi connectivity index (χ1) is 20.0. The van der Waals surface area contributed by atoms with E-state index in [1.807, 2.05) is 6.92 Å². The predicted octanol–water partition coefficient (Wildman–Crippen LogP) is 5.18. The lowest BCUT2D eigenvalue weighted by Gasteiger charge is -2.24. The van der Waals surface area contributed by atoms with Crippen molar-refractivity contribution in [1.29, 1.82) is 0 Å². The maximum absolute atomic E-state index is 13.9. The lowest BCUT2D eigenvalue weighted by molar-refractivity contribution is -0.139. The van der Waals surface area contributed by atoms with E-state index < -0.39 is 27.7 Å². The van der Waals surface area contributed by atoms with E-state index in [0.717, 1.165) is 16.9 Å². The van der Waals surface area contributed by atoms with Gasteiger partial charge >= 0.3 is 16.1 Å². The van der Waals surface area contributed by atoms with E-state index in [1.54, 1.807) is 50.2 Å². The minimum Gasteiger partial charge on any atom is -0.463 e. The molecular weight excluding hydrogens is 619 g/mol. The van der Waals surface area contributed by atoms with Gasteiger partial charge in [-0.05, 0) is 74.9 Å². The monoisotopic (exact) mass is 642 g/mol. The molecule has 8 nitrogen and oxygen atoms in total. The first kappa shape index (κ1) is 29.8. The van der Waals surface area contributed by atoms with Gasteiger partial charge in [-0.1, -0.05) is 64.4 Å². The number of rotatable bonds is 7. The number of aromatic nitrogens is 1. The van der Waals surface area contributed by atoms with Crippen LogP contribution >= 0.6 is 34.5 Å². The van der Waals surface area contributed by atoms with E-state index in [-0.39, 0.29) is 32.9 Å². The molecule has 0 bridgehead atoms. The Morgan fingerprint density at radius 1 is 1.02 bits per heavy atom. The number of thiazole rings is 1. The molecule has 0 fully saturated rings. The molecular formula is C30H24Cl2N2O6S2. The molecule has 1 atom stereocenters. The van der Waals surface area contributed by atoms with Gasteiger partial charge in [0.05, 0.1) is 28.5 Å². The summed E-state index contributed by atoms with van der Waals surface area (Å²) in [5, 5.41) is 0.812. The summed E-state index contributed by atoms with van der Waals surface area (Å²) < 4.78 is 38.5. The molecule has 3 aromatic carbocycles. The topological polar surface area (TPSA) is 104 Å². The van der Waals surface area contributed by atoms with Gasteiger partial charge in [0.2, 0.25) is 0 Å². The van der Waals surface area contributed by atoms with Crippen LogP contribution in [0.3, 0.4) is 0 Å². The SMILES string of the molecule is CCOC(=O)C1=C(C)N=c2s/c(=C\c3cc(Cl)ccc3OS(=O)(=O)c3ccc(C)cc3)c(=O)n2C1c1ccc(Cl)cc1. The Labute approximate surface area is 255 Å². The van der Waals surface area contributed by atoms with Gasteiger partial charge in [-0.3, -0.25) is 9.36 Å². The number of halogens is 2. The maximum atomic E-state index is 13.9. The number of esters is 1. The fourth-order valence-corrected chi connectivity index (χ4v) is 6.77. The van der Waals surface area contributed by atoms with E-state index in [9.17, 15) is 18.0 Å². The Morgan fingerprint density at radius 2 is 1.69 bits per heavy atom. The lowest BCUT2D eigenvalue weighted by atomic mass is 9.96. The second-order valence-corrected chi connectivity index (χ2v) is 12.8. The average molecular weight is 644 g/mol. The van der Waals surface area contributed by atoms with E-state index in [0.29, 0.717) is 26.1 Å². The van der Waals surface area contributed by atoms with Crippen molar-refractivity contribution < 1.29 is 22.1 Å². The fourth-order valence-electron chi connectivity index (χ4n) is 4.47. The highest BCUT2D eigenvalue weighted by atomic mass is 35.5. The van der Waals surface area contributed by atoms with Crippen LogP contribution in [0.25, 0.3) is 6.08 Å². The van der Waals surface area contributed by atoms with Crippen molar-refractivity contribution in [2.75, 3.05) is 6.61 Å².